The van der Waals surface area contributed by atoms with Crippen LogP contribution in [0, 0.1) is 0 Å². The van der Waals surface area contributed by atoms with Gasteiger partial charge in [0, 0.05) is 34.6 Å². The smallest absolute Gasteiger partial charge is 0.264 e. The molecule has 3 N–H and O–H groups in total. The average Bonchev–Trinajstić information content (AvgIpc) is 3.17. The number of azide groups is 1. The van der Waals surface area contributed by atoms with E-state index in [0.717, 1.165) is 44.1 Å². The molecule has 0 saturated carbocycles. The van der Waals surface area contributed by atoms with E-state index in [2.05, 4.69) is 38.3 Å². The molecule has 0 unspecified atom stereocenters. The Bertz CT molecular complexity index is 1800. The average molecular weight is 756 g/mol. The molecule has 0 aliphatic heterocycles. The van der Waals surface area contributed by atoms with Crippen LogP contribution in [0.3, 0.4) is 0 Å². The Morgan fingerprint density at radius 1 is 0.704 bits per heavy atom. The minimum absolute atomic E-state index is 0.0620. The normalized spacial score (nSPS) is 12.0. The van der Waals surface area contributed by atoms with Gasteiger partial charge in [0.1, 0.15) is 0 Å². The zero-order chi connectivity index (χ0) is 38.9. The molecular formula is C42H53N5O6S. The van der Waals surface area contributed by atoms with Crippen LogP contribution in [-0.2, 0) is 26.0 Å². The number of anilines is 1. The fraction of sp³-hybridized carbons (Fsp3) is 0.405. The maximum atomic E-state index is 12.7. The first-order chi connectivity index (χ1) is 26.2. The van der Waals surface area contributed by atoms with Gasteiger partial charge in [-0.1, -0.05) is 103 Å². The number of rotatable bonds is 26. The Morgan fingerprint density at radius 3 is 1.91 bits per heavy atom. The van der Waals surface area contributed by atoms with Gasteiger partial charge in [-0.15, -0.1) is 0 Å². The Hall–Kier alpha value is -5.03. The van der Waals surface area contributed by atoms with Crippen molar-refractivity contribution in [3.63, 3.8) is 0 Å². The van der Waals surface area contributed by atoms with E-state index in [0.29, 0.717) is 42.5 Å². The molecule has 11 nitrogen and oxygen atoms in total. The molecule has 288 valence electrons. The largest absolute Gasteiger partial charge is 0.393 e. The second-order valence-electron chi connectivity index (χ2n) is 13.2. The summed E-state index contributed by atoms with van der Waals surface area (Å²) in [6.07, 6.45) is 20.3. The summed E-state index contributed by atoms with van der Waals surface area (Å²) in [4.78, 5) is 40.1. The number of carbonyl (C=O) groups is 3. The highest BCUT2D eigenvalue weighted by molar-refractivity contribution is 7.90. The first kappa shape index (κ1) is 43.4. The molecule has 3 aromatic rings. The van der Waals surface area contributed by atoms with Crippen LogP contribution < -0.4 is 10.0 Å². The number of hydrogen-bond donors (Lipinski definition) is 3. The Kier molecular flexibility index (Phi) is 20.1. The van der Waals surface area contributed by atoms with Crippen LogP contribution in [0.5, 0.6) is 0 Å². The van der Waals surface area contributed by atoms with E-state index in [1.807, 2.05) is 36.4 Å². The van der Waals surface area contributed by atoms with Crippen molar-refractivity contribution < 1.29 is 27.9 Å². The monoisotopic (exact) mass is 755 g/mol. The van der Waals surface area contributed by atoms with Gasteiger partial charge in [-0.25, -0.2) is 13.1 Å². The van der Waals surface area contributed by atoms with E-state index in [9.17, 15) is 27.9 Å². The number of aliphatic hydroxyl groups is 1. The fourth-order valence-electron chi connectivity index (χ4n) is 5.64. The van der Waals surface area contributed by atoms with Gasteiger partial charge >= 0.3 is 0 Å². The molecule has 0 radical (unpaired) electrons. The van der Waals surface area contributed by atoms with Gasteiger partial charge in [-0.3, -0.25) is 14.4 Å². The number of hydrogen-bond acceptors (Lipinski definition) is 7. The van der Waals surface area contributed by atoms with E-state index in [4.69, 9.17) is 5.53 Å². The van der Waals surface area contributed by atoms with Crippen LogP contribution in [0.4, 0.5) is 5.69 Å². The van der Waals surface area contributed by atoms with Crippen LogP contribution in [0.2, 0.25) is 0 Å². The maximum Gasteiger partial charge on any atom is 0.264 e. The first-order valence-electron chi connectivity index (χ1n) is 18.8. The van der Waals surface area contributed by atoms with Crippen molar-refractivity contribution in [3.05, 3.63) is 130 Å². The number of allylic oxidation sites excluding steroid dienone is 4. The van der Waals surface area contributed by atoms with Gasteiger partial charge in [-0.2, -0.15) is 0 Å². The molecule has 0 aliphatic rings. The standard InChI is InChI=1S/C42H53N5O6S/c43-47-44-33-38(48)21-17-12-10-8-6-4-2-1-3-5-7-9-11-13-18-22-41(50)46-54(52,53)39-30-28-37(29-31-39)45-40(49)32-25-34-23-26-36(27-24-34)42(51)35-19-15-14-16-20-35/h8-11,14-16,19-20,23-24,26-31,38,48H,1-7,12-13,17-18,21-22,25,32-33H2,(H,45,49)(H,46,50)/b10-8-,11-9-/t38-/m0/s1. The van der Waals surface area contributed by atoms with Crippen molar-refractivity contribution in [1.82, 2.24) is 4.72 Å². The molecule has 0 aromatic heterocycles. The molecule has 0 saturated heterocycles. The molecule has 0 fully saturated rings. The summed E-state index contributed by atoms with van der Waals surface area (Å²) in [5, 5.41) is 15.8. The number of aliphatic hydroxyl groups excluding tert-OH is 1. The van der Waals surface area contributed by atoms with Gasteiger partial charge in [0.05, 0.1) is 17.5 Å². The highest BCUT2D eigenvalue weighted by Crippen LogP contribution is 2.17. The molecule has 54 heavy (non-hydrogen) atoms. The lowest BCUT2D eigenvalue weighted by Gasteiger charge is -2.09. The highest BCUT2D eigenvalue weighted by atomic mass is 32.2. The number of carbonyl (C=O) groups excluding carboxylic acids is 3. The van der Waals surface area contributed by atoms with E-state index >= 15 is 0 Å². The summed E-state index contributed by atoms with van der Waals surface area (Å²) in [6, 6.07) is 21.9. The minimum Gasteiger partial charge on any atom is -0.393 e. The first-order valence-corrected chi connectivity index (χ1v) is 20.3. The highest BCUT2D eigenvalue weighted by Gasteiger charge is 2.17. The predicted octanol–water partition coefficient (Wildman–Crippen LogP) is 9.15. The summed E-state index contributed by atoms with van der Waals surface area (Å²) in [7, 11) is -4.03. The molecule has 0 aliphatic carbocycles. The minimum atomic E-state index is -4.03. The number of unbranched alkanes of at least 4 members (excludes halogenated alkanes) is 8. The van der Waals surface area contributed by atoms with Gasteiger partial charge in [-0.05, 0) is 99.6 Å². The summed E-state index contributed by atoms with van der Waals surface area (Å²) < 4.78 is 27.6. The summed E-state index contributed by atoms with van der Waals surface area (Å²) in [5.41, 5.74) is 10.8. The van der Waals surface area contributed by atoms with Gasteiger partial charge in [0.2, 0.25) is 11.8 Å². The Balaban J connectivity index is 1.22. The number of amides is 2. The van der Waals surface area contributed by atoms with Crippen LogP contribution in [0.25, 0.3) is 10.4 Å². The van der Waals surface area contributed by atoms with Crippen molar-refractivity contribution in [2.75, 3.05) is 11.9 Å². The third-order valence-corrected chi connectivity index (χ3v) is 10.1. The van der Waals surface area contributed by atoms with Crippen molar-refractivity contribution in [3.8, 4) is 0 Å². The summed E-state index contributed by atoms with van der Waals surface area (Å²) >= 11 is 0. The summed E-state index contributed by atoms with van der Waals surface area (Å²) in [6.45, 7) is 0.135. The molecule has 3 aromatic carbocycles. The van der Waals surface area contributed by atoms with Crippen LogP contribution >= 0.6 is 0 Å². The van der Waals surface area contributed by atoms with E-state index in [-0.39, 0.29) is 36.0 Å². The topological polar surface area (TPSA) is 178 Å². The number of sulfonamides is 1. The second-order valence-corrected chi connectivity index (χ2v) is 14.9. The zero-order valence-electron chi connectivity index (χ0n) is 30.9. The molecule has 2 amide bonds. The van der Waals surface area contributed by atoms with Crippen LogP contribution in [-0.4, -0.2) is 43.8 Å². The van der Waals surface area contributed by atoms with Gasteiger partial charge in [0.25, 0.3) is 10.0 Å². The van der Waals surface area contributed by atoms with Gasteiger partial charge < -0.3 is 10.4 Å². The number of aryl methyl sites for hydroxylation is 1. The molecule has 0 heterocycles. The fourth-order valence-corrected chi connectivity index (χ4v) is 6.65. The lowest BCUT2D eigenvalue weighted by Crippen LogP contribution is -2.30. The van der Waals surface area contributed by atoms with Crippen molar-refractivity contribution >= 4 is 33.3 Å². The lowest BCUT2D eigenvalue weighted by molar-refractivity contribution is -0.119. The quantitative estimate of drug-likeness (QED) is 0.0184. The van der Waals surface area contributed by atoms with Crippen LogP contribution in [0.1, 0.15) is 111 Å². The van der Waals surface area contributed by atoms with E-state index < -0.39 is 22.0 Å². The third-order valence-electron chi connectivity index (χ3n) is 8.70. The number of ketones is 1. The van der Waals surface area contributed by atoms with Crippen molar-refractivity contribution in [2.45, 2.75) is 107 Å². The molecular weight excluding hydrogens is 703 g/mol. The van der Waals surface area contributed by atoms with Crippen molar-refractivity contribution in [1.29, 1.82) is 0 Å². The number of nitrogens with one attached hydrogen (secondary N) is 2. The number of benzene rings is 3. The molecule has 3 rings (SSSR count). The predicted molar refractivity (Wildman–Crippen MR) is 213 cm³/mol. The van der Waals surface area contributed by atoms with Crippen LogP contribution in [0.15, 0.2) is 113 Å². The summed E-state index contributed by atoms with van der Waals surface area (Å²) in [5.74, 6) is -0.858. The van der Waals surface area contributed by atoms with E-state index in [1.165, 1.54) is 43.5 Å². The Morgan fingerprint density at radius 2 is 1.28 bits per heavy atom. The zero-order valence-corrected chi connectivity index (χ0v) is 31.8. The lowest BCUT2D eigenvalue weighted by atomic mass is 10.0. The third kappa shape index (κ3) is 17.7. The second kappa shape index (κ2) is 25.1. The molecule has 0 spiro atoms. The van der Waals surface area contributed by atoms with Crippen molar-refractivity contribution in [2.24, 2.45) is 5.11 Å². The Labute approximate surface area is 319 Å². The molecule has 1 atom stereocenters. The molecule has 0 bridgehead atoms. The SMILES string of the molecule is [N-]=[N+]=NC[C@@H](O)CCC/C=C\CCCCCCC/C=C\CCCC(=O)NS(=O)(=O)c1ccc(NC(=O)CCc2ccc(C(=O)c3ccccc3)cc2)cc1. The number of nitrogens with zero attached hydrogens (tertiary/aromatic N) is 3. The molecule has 12 heteroatoms. The van der Waals surface area contributed by atoms with Gasteiger partial charge in [0.15, 0.2) is 5.78 Å². The van der Waals surface area contributed by atoms with E-state index in [1.54, 1.807) is 24.3 Å². The maximum absolute atomic E-state index is 12.7.